The summed E-state index contributed by atoms with van der Waals surface area (Å²) in [6, 6.07) is 16.7. The third kappa shape index (κ3) is 10.2. The molecule has 0 saturated carbocycles. The molecule has 178 valence electrons. The molecular weight excluding hydrogens is 424 g/mol. The van der Waals surface area contributed by atoms with Gasteiger partial charge >= 0.3 is 12.1 Å². The molecule has 8 heteroatoms. The number of rotatable bonds is 10. The van der Waals surface area contributed by atoms with E-state index in [1.807, 2.05) is 60.7 Å². The minimum Gasteiger partial charge on any atom is -0.461 e. The molecule has 0 aromatic heterocycles. The van der Waals surface area contributed by atoms with Crippen LogP contribution in [0.3, 0.4) is 0 Å². The lowest BCUT2D eigenvalue weighted by Gasteiger charge is -2.24. The fourth-order valence-electron chi connectivity index (χ4n) is 2.98. The first-order valence-electron chi connectivity index (χ1n) is 10.8. The summed E-state index contributed by atoms with van der Waals surface area (Å²) in [6.45, 7) is 4.82. The van der Waals surface area contributed by atoms with E-state index in [9.17, 15) is 19.5 Å². The molecular formula is C25H32N2O6. The summed E-state index contributed by atoms with van der Waals surface area (Å²) < 4.78 is 10.5. The van der Waals surface area contributed by atoms with Crippen LogP contribution in [0.1, 0.15) is 38.3 Å². The number of benzene rings is 2. The van der Waals surface area contributed by atoms with Gasteiger partial charge in [-0.3, -0.25) is 9.59 Å². The first-order valence-corrected chi connectivity index (χ1v) is 10.8. The first-order chi connectivity index (χ1) is 15.7. The van der Waals surface area contributed by atoms with Gasteiger partial charge in [-0.05, 0) is 38.3 Å². The van der Waals surface area contributed by atoms with Crippen molar-refractivity contribution in [2.24, 2.45) is 0 Å². The van der Waals surface area contributed by atoms with Crippen LogP contribution in [0.25, 0.3) is 0 Å². The van der Waals surface area contributed by atoms with Gasteiger partial charge in [-0.2, -0.15) is 0 Å². The van der Waals surface area contributed by atoms with Crippen LogP contribution >= 0.6 is 0 Å². The normalized spacial score (nSPS) is 12.8. The molecule has 0 bridgehead atoms. The van der Waals surface area contributed by atoms with Crippen LogP contribution in [-0.2, 0) is 32.1 Å². The lowest BCUT2D eigenvalue weighted by Crippen LogP contribution is -2.52. The summed E-state index contributed by atoms with van der Waals surface area (Å²) in [5.74, 6) is -1.27. The lowest BCUT2D eigenvalue weighted by molar-refractivity contribution is -0.147. The molecule has 0 fully saturated rings. The van der Waals surface area contributed by atoms with Gasteiger partial charge in [0.25, 0.3) is 0 Å². The Kier molecular flexibility index (Phi) is 9.87. The Morgan fingerprint density at radius 1 is 0.909 bits per heavy atom. The molecule has 0 spiro atoms. The van der Waals surface area contributed by atoms with Crippen molar-refractivity contribution in [2.75, 3.05) is 6.61 Å². The Hall–Kier alpha value is -3.39. The highest BCUT2D eigenvalue weighted by Gasteiger charge is 2.28. The van der Waals surface area contributed by atoms with Crippen LogP contribution in [0.4, 0.5) is 4.79 Å². The van der Waals surface area contributed by atoms with Crippen molar-refractivity contribution < 1.29 is 29.0 Å². The minimum atomic E-state index is -1.23. The van der Waals surface area contributed by atoms with Crippen molar-refractivity contribution in [1.29, 1.82) is 0 Å². The molecule has 0 aliphatic carbocycles. The van der Waals surface area contributed by atoms with Gasteiger partial charge in [0, 0.05) is 0 Å². The molecule has 0 aliphatic heterocycles. The largest absolute Gasteiger partial charge is 0.461 e. The average Bonchev–Trinajstić information content (AvgIpc) is 2.77. The van der Waals surface area contributed by atoms with E-state index in [1.54, 1.807) is 20.8 Å². The van der Waals surface area contributed by atoms with Crippen LogP contribution < -0.4 is 10.6 Å². The molecule has 8 nitrogen and oxygen atoms in total. The molecule has 2 aromatic rings. The van der Waals surface area contributed by atoms with E-state index in [1.165, 1.54) is 0 Å². The molecule has 0 radical (unpaired) electrons. The number of carbonyl (C=O) groups is 3. The summed E-state index contributed by atoms with van der Waals surface area (Å²) in [5.41, 5.74) is 0.950. The molecule has 0 saturated heterocycles. The van der Waals surface area contributed by atoms with E-state index in [-0.39, 0.29) is 19.6 Å². The zero-order chi connectivity index (χ0) is 24.3. The lowest BCUT2D eigenvalue weighted by atomic mass is 10.1. The molecule has 2 rings (SSSR count). The topological polar surface area (TPSA) is 114 Å². The summed E-state index contributed by atoms with van der Waals surface area (Å²) >= 11 is 0. The second kappa shape index (κ2) is 12.6. The van der Waals surface area contributed by atoms with Crippen molar-refractivity contribution in [3.63, 3.8) is 0 Å². The fourth-order valence-corrected chi connectivity index (χ4v) is 2.98. The van der Waals surface area contributed by atoms with Crippen LogP contribution in [0, 0.1) is 0 Å². The number of aliphatic hydroxyl groups excluding tert-OH is 1. The summed E-state index contributed by atoms with van der Waals surface area (Å²) in [5, 5.41) is 14.9. The van der Waals surface area contributed by atoms with Gasteiger partial charge in [0.1, 0.15) is 18.2 Å². The van der Waals surface area contributed by atoms with Crippen molar-refractivity contribution in [2.45, 2.75) is 57.9 Å². The van der Waals surface area contributed by atoms with Crippen molar-refractivity contribution >= 4 is 18.0 Å². The van der Waals surface area contributed by atoms with Gasteiger partial charge in [-0.25, -0.2) is 4.79 Å². The Labute approximate surface area is 194 Å². The number of ether oxygens (including phenoxy) is 2. The first kappa shape index (κ1) is 25.9. The van der Waals surface area contributed by atoms with Crippen LogP contribution in [0.15, 0.2) is 60.7 Å². The van der Waals surface area contributed by atoms with E-state index in [0.717, 1.165) is 11.1 Å². The third-order valence-corrected chi connectivity index (χ3v) is 4.51. The number of alkyl carbamates (subject to hydrolysis) is 1. The zero-order valence-electron chi connectivity index (χ0n) is 19.2. The molecule has 0 aliphatic rings. The van der Waals surface area contributed by atoms with Crippen LogP contribution in [-0.4, -0.2) is 47.4 Å². The molecule has 2 aromatic carbocycles. The summed E-state index contributed by atoms with van der Waals surface area (Å²) in [6.07, 6.45) is -0.829. The van der Waals surface area contributed by atoms with Crippen LogP contribution in [0.2, 0.25) is 0 Å². The number of hydrogen-bond donors (Lipinski definition) is 3. The maximum Gasteiger partial charge on any atom is 0.408 e. The van der Waals surface area contributed by atoms with Gasteiger partial charge in [-0.15, -0.1) is 0 Å². The third-order valence-electron chi connectivity index (χ3n) is 4.51. The monoisotopic (exact) mass is 456 g/mol. The fraction of sp³-hybridized carbons (Fsp3) is 0.400. The number of nitrogens with one attached hydrogen (secondary N) is 2. The van der Waals surface area contributed by atoms with E-state index in [2.05, 4.69) is 10.6 Å². The molecule has 0 heterocycles. The van der Waals surface area contributed by atoms with E-state index in [0.29, 0.717) is 6.42 Å². The van der Waals surface area contributed by atoms with Gasteiger partial charge in [0.05, 0.1) is 19.1 Å². The van der Waals surface area contributed by atoms with Crippen LogP contribution in [0.5, 0.6) is 0 Å². The van der Waals surface area contributed by atoms with Crippen molar-refractivity contribution in [3.05, 3.63) is 71.8 Å². The van der Waals surface area contributed by atoms with Gasteiger partial charge in [0.15, 0.2) is 0 Å². The second-order valence-electron chi connectivity index (χ2n) is 8.63. The maximum atomic E-state index is 12.9. The second-order valence-corrected chi connectivity index (χ2v) is 8.63. The van der Waals surface area contributed by atoms with E-state index >= 15 is 0 Å². The van der Waals surface area contributed by atoms with Crippen molar-refractivity contribution in [1.82, 2.24) is 10.6 Å². The smallest absolute Gasteiger partial charge is 0.408 e. The summed E-state index contributed by atoms with van der Waals surface area (Å²) in [7, 11) is 0. The Morgan fingerprint density at radius 3 is 2.03 bits per heavy atom. The predicted octanol–water partition coefficient (Wildman–Crippen LogP) is 2.73. The average molecular weight is 457 g/mol. The molecule has 0 unspecified atom stereocenters. The Bertz CT molecular complexity index is 896. The van der Waals surface area contributed by atoms with E-state index in [4.69, 9.17) is 9.47 Å². The molecule has 2 amide bonds. The summed E-state index contributed by atoms with van der Waals surface area (Å²) in [4.78, 5) is 37.6. The molecule has 33 heavy (non-hydrogen) atoms. The number of amides is 2. The Morgan fingerprint density at radius 2 is 1.48 bits per heavy atom. The maximum absolute atomic E-state index is 12.9. The number of aliphatic hydroxyl groups is 1. The number of carbonyl (C=O) groups excluding carboxylic acids is 3. The van der Waals surface area contributed by atoms with E-state index < -0.39 is 35.7 Å². The number of esters is 1. The SMILES string of the molecule is CC(C)(C)OC(=O)N[C@H](CC(=O)OCc1ccccc1)C(=O)N[C@H](CO)Cc1ccccc1. The molecule has 3 N–H and O–H groups in total. The minimum absolute atomic E-state index is 0.0493. The van der Waals surface area contributed by atoms with Gasteiger partial charge in [0.2, 0.25) is 5.91 Å². The highest BCUT2D eigenvalue weighted by molar-refractivity contribution is 5.89. The van der Waals surface area contributed by atoms with Gasteiger partial charge < -0.3 is 25.2 Å². The predicted molar refractivity (Wildman–Crippen MR) is 123 cm³/mol. The highest BCUT2D eigenvalue weighted by Crippen LogP contribution is 2.09. The highest BCUT2D eigenvalue weighted by atomic mass is 16.6. The van der Waals surface area contributed by atoms with Gasteiger partial charge in [-0.1, -0.05) is 60.7 Å². The zero-order valence-corrected chi connectivity index (χ0v) is 19.2. The standard InChI is InChI=1S/C25H32N2O6/c1-25(2,3)33-24(31)27-21(15-22(29)32-17-19-12-8-5-9-13-19)23(30)26-20(16-28)14-18-10-6-4-7-11-18/h4-13,20-21,28H,14-17H2,1-3H3,(H,26,30)(H,27,31)/t20-,21+/m0/s1. The van der Waals surface area contributed by atoms with Crippen molar-refractivity contribution in [3.8, 4) is 0 Å². The Balaban J connectivity index is 2.03. The quantitative estimate of drug-likeness (QED) is 0.474. The number of hydrogen-bond acceptors (Lipinski definition) is 6. The molecule has 2 atom stereocenters.